The van der Waals surface area contributed by atoms with E-state index in [2.05, 4.69) is 104 Å². The fourth-order valence-electron chi connectivity index (χ4n) is 1.91. The molecule has 0 bridgehead atoms. The summed E-state index contributed by atoms with van der Waals surface area (Å²) in [6, 6.07) is 16.8. The van der Waals surface area contributed by atoms with Crippen LogP contribution < -0.4 is 0 Å². The van der Waals surface area contributed by atoms with Crippen molar-refractivity contribution in [2.75, 3.05) is 0 Å². The molecule has 2 aromatic heterocycles. The van der Waals surface area contributed by atoms with Gasteiger partial charge in [0.15, 0.2) is 12.5 Å². The average Bonchev–Trinajstić information content (AvgIpc) is 3.20. The predicted octanol–water partition coefficient (Wildman–Crippen LogP) is 6.99. The Morgan fingerprint density at radius 1 is 0.682 bits per heavy atom. The van der Waals surface area contributed by atoms with Crippen LogP contribution >= 0.6 is 54.5 Å². The molecule has 22 heavy (non-hydrogen) atoms. The van der Waals surface area contributed by atoms with Gasteiger partial charge >= 0.3 is 0 Å². The Balaban J connectivity index is 0.000000144. The van der Waals surface area contributed by atoms with Crippen LogP contribution in [0.15, 0.2) is 68.2 Å². The van der Waals surface area contributed by atoms with Crippen LogP contribution in [0.2, 0.25) is 0 Å². The van der Waals surface area contributed by atoms with Crippen molar-refractivity contribution in [3.8, 4) is 0 Å². The number of thiophene rings is 2. The fourth-order valence-corrected chi connectivity index (χ4v) is 4.80. The summed E-state index contributed by atoms with van der Waals surface area (Å²) in [6.07, 6.45) is 0. The molecule has 0 spiro atoms. The van der Waals surface area contributed by atoms with Crippen molar-refractivity contribution in [1.82, 2.24) is 0 Å². The Bertz CT molecular complexity index is 798. The van der Waals surface area contributed by atoms with Crippen molar-refractivity contribution < 1.29 is 4.21 Å². The lowest BCUT2D eigenvalue weighted by molar-refractivity contribution is 0.702. The SMILES string of the molecule is Brc1cccc2sccc12.Brc1cccc2sccc12.O=S. The highest BCUT2D eigenvalue weighted by Gasteiger charge is 1.96. The number of rotatable bonds is 0. The molecule has 2 aromatic carbocycles. The summed E-state index contributed by atoms with van der Waals surface area (Å²) in [5, 5.41) is 6.84. The van der Waals surface area contributed by atoms with Crippen molar-refractivity contribution in [3.63, 3.8) is 0 Å². The Kier molecular flexibility index (Phi) is 7.11. The molecule has 0 unspecified atom stereocenters. The van der Waals surface area contributed by atoms with Crippen molar-refractivity contribution in [3.05, 3.63) is 68.2 Å². The Morgan fingerprint density at radius 2 is 1.09 bits per heavy atom. The largest absolute Gasteiger partial charge is 0.197 e. The number of benzene rings is 2. The molecule has 4 rings (SSSR count). The topological polar surface area (TPSA) is 17.1 Å². The zero-order chi connectivity index (χ0) is 15.9. The van der Waals surface area contributed by atoms with Crippen LogP contribution in [-0.2, 0) is 12.5 Å². The molecule has 0 aliphatic carbocycles. The maximum atomic E-state index is 7.83. The maximum absolute atomic E-state index is 7.83. The van der Waals surface area contributed by atoms with Gasteiger partial charge in [-0.2, -0.15) is 4.21 Å². The molecular weight excluding hydrogens is 464 g/mol. The van der Waals surface area contributed by atoms with Gasteiger partial charge in [0.1, 0.15) is 0 Å². The second kappa shape index (κ2) is 8.84. The fraction of sp³-hybridized carbons (Fsp3) is 0. The standard InChI is InChI=1S/2C8H5BrS.OS/c2*9-7-2-1-3-8-6(7)4-5-10-8;1-2/h2*1-5H;. The molecule has 6 heteroatoms. The van der Waals surface area contributed by atoms with Crippen LogP contribution in [0.1, 0.15) is 0 Å². The molecule has 4 aromatic rings. The smallest absolute Gasteiger partial charge is 0.197 e. The van der Waals surface area contributed by atoms with Gasteiger partial charge in [0.2, 0.25) is 0 Å². The Labute approximate surface area is 158 Å². The molecule has 0 saturated carbocycles. The van der Waals surface area contributed by atoms with Crippen LogP contribution in [-0.4, -0.2) is 4.21 Å². The first kappa shape index (κ1) is 17.7. The Morgan fingerprint density at radius 3 is 1.45 bits per heavy atom. The van der Waals surface area contributed by atoms with Crippen LogP contribution in [0, 0.1) is 0 Å². The van der Waals surface area contributed by atoms with Gasteiger partial charge in [-0.25, -0.2) is 0 Å². The Hall–Kier alpha value is -0.660. The molecule has 0 saturated heterocycles. The van der Waals surface area contributed by atoms with E-state index in [4.69, 9.17) is 4.21 Å². The predicted molar refractivity (Wildman–Crippen MR) is 107 cm³/mol. The summed E-state index contributed by atoms with van der Waals surface area (Å²) in [5.74, 6) is 0. The van der Waals surface area contributed by atoms with E-state index in [1.807, 2.05) is 0 Å². The molecule has 0 amide bonds. The van der Waals surface area contributed by atoms with Gasteiger partial charge in [0.05, 0.1) is 0 Å². The summed E-state index contributed by atoms with van der Waals surface area (Å²) in [6.45, 7) is 0. The first-order valence-corrected chi connectivity index (χ1v) is 9.83. The average molecular weight is 474 g/mol. The van der Waals surface area contributed by atoms with E-state index in [0.717, 1.165) is 0 Å². The molecule has 2 heterocycles. The monoisotopic (exact) mass is 472 g/mol. The van der Waals surface area contributed by atoms with Crippen LogP contribution in [0.3, 0.4) is 0 Å². The number of hydrogen-bond donors (Lipinski definition) is 0. The molecule has 112 valence electrons. The van der Waals surface area contributed by atoms with Gasteiger partial charge in [-0.05, 0) is 47.2 Å². The van der Waals surface area contributed by atoms with E-state index >= 15 is 0 Å². The zero-order valence-corrected chi connectivity index (χ0v) is 16.8. The highest BCUT2D eigenvalue weighted by Crippen LogP contribution is 2.28. The minimum absolute atomic E-state index is 1.19. The third-order valence-corrected chi connectivity index (χ3v) is 6.03. The summed E-state index contributed by atoms with van der Waals surface area (Å²) >= 11 is 13.3. The summed E-state index contributed by atoms with van der Waals surface area (Å²) in [5.41, 5.74) is 0. The quantitative estimate of drug-likeness (QED) is 0.273. The van der Waals surface area contributed by atoms with E-state index in [0.29, 0.717) is 0 Å². The van der Waals surface area contributed by atoms with Crippen molar-refractivity contribution in [2.45, 2.75) is 0 Å². The van der Waals surface area contributed by atoms with E-state index in [-0.39, 0.29) is 0 Å². The van der Waals surface area contributed by atoms with Gasteiger partial charge in [-0.1, -0.05) is 44.0 Å². The number of halogens is 2. The minimum atomic E-state index is 1.19. The van der Waals surface area contributed by atoms with Gasteiger partial charge in [0.25, 0.3) is 0 Å². The van der Waals surface area contributed by atoms with Crippen molar-refractivity contribution >= 4 is 87.2 Å². The van der Waals surface area contributed by atoms with Gasteiger partial charge in [-0.3, -0.25) is 0 Å². The van der Waals surface area contributed by atoms with Gasteiger partial charge in [-0.15, -0.1) is 22.7 Å². The van der Waals surface area contributed by atoms with Gasteiger partial charge < -0.3 is 0 Å². The van der Waals surface area contributed by atoms with Crippen LogP contribution in [0.25, 0.3) is 20.2 Å². The summed E-state index contributed by atoms with van der Waals surface area (Å²) in [7, 11) is 0. The number of hydrogen-bond acceptors (Lipinski definition) is 4. The maximum Gasteiger partial charge on any atom is 0.197 e. The number of fused-ring (bicyclic) bond motifs is 2. The molecule has 0 radical (unpaired) electrons. The molecule has 1 nitrogen and oxygen atoms in total. The first-order chi connectivity index (χ1) is 10.8. The second-order valence-electron chi connectivity index (χ2n) is 4.14. The molecular formula is C16H10Br2OS3. The summed E-state index contributed by atoms with van der Waals surface area (Å²) in [4.78, 5) is 0. The lowest BCUT2D eigenvalue weighted by Crippen LogP contribution is -1.62. The highest BCUT2D eigenvalue weighted by atomic mass is 79.9. The lowest BCUT2D eigenvalue weighted by atomic mass is 10.3. The molecule has 0 aliphatic heterocycles. The normalized spacial score (nSPS) is 9.73. The highest BCUT2D eigenvalue weighted by molar-refractivity contribution is 9.11. The minimum Gasteiger partial charge on any atom is -0.197 e. The molecule has 0 atom stereocenters. The zero-order valence-electron chi connectivity index (χ0n) is 11.2. The molecule has 0 N–H and O–H groups in total. The van der Waals surface area contributed by atoms with E-state index in [1.165, 1.54) is 29.1 Å². The molecule has 0 aliphatic rings. The van der Waals surface area contributed by atoms with E-state index in [9.17, 15) is 0 Å². The third kappa shape index (κ3) is 4.20. The van der Waals surface area contributed by atoms with Gasteiger partial charge in [0, 0.05) is 29.1 Å². The lowest BCUT2D eigenvalue weighted by Gasteiger charge is -1.89. The second-order valence-corrected chi connectivity index (χ2v) is 7.75. The van der Waals surface area contributed by atoms with Crippen LogP contribution in [0.4, 0.5) is 0 Å². The van der Waals surface area contributed by atoms with Crippen molar-refractivity contribution in [1.29, 1.82) is 0 Å². The molecule has 0 fully saturated rings. The first-order valence-electron chi connectivity index (χ1n) is 6.16. The third-order valence-electron chi connectivity index (χ3n) is 2.89. The summed E-state index contributed by atoms with van der Waals surface area (Å²) < 4.78 is 12.9. The van der Waals surface area contributed by atoms with E-state index < -0.39 is 0 Å². The van der Waals surface area contributed by atoms with Crippen molar-refractivity contribution in [2.24, 2.45) is 0 Å². The van der Waals surface area contributed by atoms with E-state index in [1.54, 1.807) is 22.7 Å². The van der Waals surface area contributed by atoms with Crippen LogP contribution in [0.5, 0.6) is 0 Å².